The number of nitrogens with zero attached hydrogens (tertiary/aromatic N) is 3. The molecule has 0 bridgehead atoms. The third-order valence-corrected chi connectivity index (χ3v) is 7.29. The number of nitrogens with one attached hydrogen (secondary N) is 2. The second kappa shape index (κ2) is 10.0. The number of amides is 2. The molecule has 2 aromatic heterocycles. The molecule has 180 valence electrons. The molecule has 0 aliphatic carbocycles. The van der Waals surface area contributed by atoms with E-state index >= 15 is 0 Å². The van der Waals surface area contributed by atoms with Crippen molar-refractivity contribution in [1.82, 2.24) is 20.2 Å². The molecule has 9 nitrogen and oxygen atoms in total. The number of likely N-dealkylation sites (tertiary alicyclic amines) is 1. The molecule has 0 unspecified atom stereocenters. The topological polar surface area (TPSA) is 114 Å². The van der Waals surface area contributed by atoms with Crippen LogP contribution in [0.3, 0.4) is 0 Å². The predicted molar refractivity (Wildman–Crippen MR) is 133 cm³/mol. The zero-order valence-electron chi connectivity index (χ0n) is 19.2. The normalized spacial score (nSPS) is 16.4. The number of aromatic nitrogens is 2. The highest BCUT2D eigenvalue weighted by Crippen LogP contribution is 2.29. The number of hydrogen-bond acceptors (Lipinski definition) is 8. The van der Waals surface area contributed by atoms with E-state index in [1.807, 2.05) is 24.3 Å². The first kappa shape index (κ1) is 23.3. The van der Waals surface area contributed by atoms with E-state index in [0.29, 0.717) is 42.5 Å². The first-order chi connectivity index (χ1) is 17.0. The lowest BCUT2D eigenvalue weighted by molar-refractivity contribution is -0.113. The van der Waals surface area contributed by atoms with E-state index in [-0.39, 0.29) is 29.3 Å². The molecule has 0 atom stereocenters. The second-order valence-corrected chi connectivity index (χ2v) is 9.59. The monoisotopic (exact) mass is 491 g/mol. The van der Waals surface area contributed by atoms with Gasteiger partial charge in [-0.1, -0.05) is 0 Å². The van der Waals surface area contributed by atoms with Gasteiger partial charge in [-0.2, -0.15) is 0 Å². The van der Waals surface area contributed by atoms with Crippen molar-refractivity contribution in [3.63, 3.8) is 0 Å². The average molecular weight is 492 g/mol. The summed E-state index contributed by atoms with van der Waals surface area (Å²) in [6, 6.07) is 10.8. The van der Waals surface area contributed by atoms with Gasteiger partial charge >= 0.3 is 0 Å². The predicted octanol–water partition coefficient (Wildman–Crippen LogP) is 2.76. The first-order valence-electron chi connectivity index (χ1n) is 11.4. The minimum absolute atomic E-state index is 0.00154. The van der Waals surface area contributed by atoms with E-state index in [1.165, 1.54) is 11.8 Å². The number of anilines is 1. The number of thioether (sulfide) groups is 1. The molecule has 0 saturated carbocycles. The third kappa shape index (κ3) is 5.13. The molecule has 1 aromatic carbocycles. The van der Waals surface area contributed by atoms with Gasteiger partial charge in [0.05, 0.1) is 29.8 Å². The zero-order valence-corrected chi connectivity index (χ0v) is 20.1. The number of fused-ring (bicyclic) bond motifs is 2. The summed E-state index contributed by atoms with van der Waals surface area (Å²) in [7, 11) is 1.60. The van der Waals surface area contributed by atoms with Gasteiger partial charge in [-0.25, -0.2) is 4.98 Å². The van der Waals surface area contributed by atoms with Crippen LogP contribution in [0.15, 0.2) is 47.5 Å². The molecule has 2 aliphatic rings. The van der Waals surface area contributed by atoms with E-state index in [1.54, 1.807) is 25.4 Å². The molecular weight excluding hydrogens is 466 g/mol. The van der Waals surface area contributed by atoms with Crippen LogP contribution in [-0.2, 0) is 4.79 Å². The second-order valence-electron chi connectivity index (χ2n) is 8.57. The SMILES string of the molecule is COc1ccc2nccc(C(=O)CN3CCC(NC(=O)c4ccc5c(n4)NC(=O)CS5)CC3)c2c1. The molecule has 4 heterocycles. The molecule has 10 heteroatoms. The Labute approximate surface area is 206 Å². The molecule has 2 amide bonds. The maximum Gasteiger partial charge on any atom is 0.270 e. The fraction of sp³-hybridized carbons (Fsp3) is 0.320. The van der Waals surface area contributed by atoms with Gasteiger partial charge in [-0.15, -0.1) is 11.8 Å². The van der Waals surface area contributed by atoms with Crippen molar-refractivity contribution in [2.45, 2.75) is 23.8 Å². The van der Waals surface area contributed by atoms with Gasteiger partial charge in [0, 0.05) is 36.3 Å². The van der Waals surface area contributed by atoms with Gasteiger partial charge in [-0.05, 0) is 49.2 Å². The van der Waals surface area contributed by atoms with Gasteiger partial charge in [-0.3, -0.25) is 24.3 Å². The highest BCUT2D eigenvalue weighted by molar-refractivity contribution is 8.00. The summed E-state index contributed by atoms with van der Waals surface area (Å²) in [4.78, 5) is 49.1. The average Bonchev–Trinajstić information content (AvgIpc) is 2.88. The van der Waals surface area contributed by atoms with Crippen molar-refractivity contribution >= 4 is 46.1 Å². The van der Waals surface area contributed by atoms with E-state index in [4.69, 9.17) is 4.74 Å². The minimum Gasteiger partial charge on any atom is -0.497 e. The van der Waals surface area contributed by atoms with E-state index in [0.717, 1.165) is 28.6 Å². The summed E-state index contributed by atoms with van der Waals surface area (Å²) in [5.41, 5.74) is 1.67. The third-order valence-electron chi connectivity index (χ3n) is 6.25. The van der Waals surface area contributed by atoms with Crippen LogP contribution in [0, 0.1) is 0 Å². The number of hydrogen-bond donors (Lipinski definition) is 2. The molecule has 0 radical (unpaired) electrons. The molecule has 2 aliphatic heterocycles. The molecule has 3 aromatic rings. The lowest BCUT2D eigenvalue weighted by atomic mass is 10.0. The Hall–Kier alpha value is -3.50. The van der Waals surface area contributed by atoms with Crippen LogP contribution in [0.5, 0.6) is 5.75 Å². The summed E-state index contributed by atoms with van der Waals surface area (Å²) in [5.74, 6) is 1.13. The van der Waals surface area contributed by atoms with Gasteiger partial charge in [0.2, 0.25) is 5.91 Å². The summed E-state index contributed by atoms with van der Waals surface area (Å²) in [6.45, 7) is 1.71. The van der Waals surface area contributed by atoms with Gasteiger partial charge in [0.15, 0.2) is 5.78 Å². The van der Waals surface area contributed by atoms with Crippen LogP contribution in [-0.4, -0.2) is 71.0 Å². The van der Waals surface area contributed by atoms with Crippen LogP contribution in [0.1, 0.15) is 33.7 Å². The molecule has 0 spiro atoms. The van der Waals surface area contributed by atoms with Crippen LogP contribution < -0.4 is 15.4 Å². The number of benzene rings is 1. The first-order valence-corrected chi connectivity index (χ1v) is 12.4. The van der Waals surface area contributed by atoms with Gasteiger partial charge in [0.25, 0.3) is 5.91 Å². The Morgan fingerprint density at radius 3 is 2.83 bits per heavy atom. The van der Waals surface area contributed by atoms with Crippen LogP contribution in [0.2, 0.25) is 0 Å². The van der Waals surface area contributed by atoms with Crippen LogP contribution in [0.4, 0.5) is 5.82 Å². The standard InChI is InChI=1S/C25H25N5O4S/c1-34-16-2-3-19-18(12-16)17(6-9-26-19)21(31)13-30-10-7-15(8-11-30)27-25(33)20-4-5-22-24(28-20)29-23(32)14-35-22/h2-6,9,12,15H,7-8,10-11,13-14H2,1H3,(H,27,33)(H,28,29,32). The highest BCUT2D eigenvalue weighted by Gasteiger charge is 2.25. The molecule has 1 saturated heterocycles. The zero-order chi connectivity index (χ0) is 24.4. The fourth-order valence-electron chi connectivity index (χ4n) is 4.37. The van der Waals surface area contributed by atoms with Crippen LogP contribution >= 0.6 is 11.8 Å². The number of Topliss-reactive ketones (excluding diaryl/α,β-unsaturated/α-hetero) is 1. The number of ether oxygens (including phenoxy) is 1. The molecule has 1 fully saturated rings. The lowest BCUT2D eigenvalue weighted by Gasteiger charge is -2.31. The lowest BCUT2D eigenvalue weighted by Crippen LogP contribution is -2.46. The number of pyridine rings is 2. The summed E-state index contributed by atoms with van der Waals surface area (Å²) < 4.78 is 5.31. The van der Waals surface area contributed by atoms with Crippen molar-refractivity contribution in [3.8, 4) is 5.75 Å². The van der Waals surface area contributed by atoms with Gasteiger partial charge in [0.1, 0.15) is 17.3 Å². The number of rotatable bonds is 6. The Balaban J connectivity index is 1.17. The molecule has 35 heavy (non-hydrogen) atoms. The molecule has 5 rings (SSSR count). The van der Waals surface area contributed by atoms with Crippen molar-refractivity contribution in [3.05, 3.63) is 53.9 Å². The number of methoxy groups -OCH3 is 1. The van der Waals surface area contributed by atoms with E-state index < -0.39 is 0 Å². The Morgan fingerprint density at radius 1 is 1.20 bits per heavy atom. The number of piperidine rings is 1. The Bertz CT molecular complexity index is 1310. The summed E-state index contributed by atoms with van der Waals surface area (Å²) >= 11 is 1.41. The van der Waals surface area contributed by atoms with Crippen molar-refractivity contribution in [2.75, 3.05) is 37.8 Å². The fourth-order valence-corrected chi connectivity index (χ4v) is 5.13. The largest absolute Gasteiger partial charge is 0.497 e. The van der Waals surface area contributed by atoms with Crippen molar-refractivity contribution < 1.29 is 19.1 Å². The smallest absolute Gasteiger partial charge is 0.270 e. The molecular formula is C25H25N5O4S. The number of carbonyl (C=O) groups excluding carboxylic acids is 3. The minimum atomic E-state index is -0.260. The van der Waals surface area contributed by atoms with Gasteiger partial charge < -0.3 is 15.4 Å². The Morgan fingerprint density at radius 2 is 2.03 bits per heavy atom. The molecule has 2 N–H and O–H groups in total. The van der Waals surface area contributed by atoms with Crippen molar-refractivity contribution in [1.29, 1.82) is 0 Å². The number of carbonyl (C=O) groups is 3. The van der Waals surface area contributed by atoms with E-state index in [2.05, 4.69) is 25.5 Å². The quantitative estimate of drug-likeness (QED) is 0.506. The van der Waals surface area contributed by atoms with Crippen molar-refractivity contribution in [2.24, 2.45) is 0 Å². The number of ketones is 1. The Kier molecular flexibility index (Phi) is 6.65. The van der Waals surface area contributed by atoms with Crippen LogP contribution in [0.25, 0.3) is 10.9 Å². The summed E-state index contributed by atoms with van der Waals surface area (Å²) in [5, 5.41) is 6.54. The maximum absolute atomic E-state index is 13.1. The van der Waals surface area contributed by atoms with E-state index in [9.17, 15) is 14.4 Å². The summed E-state index contributed by atoms with van der Waals surface area (Å²) in [6.07, 6.45) is 3.13. The maximum atomic E-state index is 13.1. The highest BCUT2D eigenvalue weighted by atomic mass is 32.2.